The van der Waals surface area contributed by atoms with Gasteiger partial charge in [-0.25, -0.2) is 0 Å². The van der Waals surface area contributed by atoms with Gasteiger partial charge in [0.2, 0.25) is 0 Å². The third-order valence-electron chi connectivity index (χ3n) is 3.28. The van der Waals surface area contributed by atoms with Crippen molar-refractivity contribution < 1.29 is 9.84 Å². The molecule has 1 saturated heterocycles. The van der Waals surface area contributed by atoms with Crippen LogP contribution in [0.15, 0.2) is 12.1 Å². The Morgan fingerprint density at radius 1 is 1.53 bits per heavy atom. The molecule has 0 amide bonds. The van der Waals surface area contributed by atoms with Gasteiger partial charge in [0.15, 0.2) is 11.5 Å². The maximum atomic E-state index is 9.84. The summed E-state index contributed by atoms with van der Waals surface area (Å²) in [6.07, 6.45) is 3.35. The van der Waals surface area contributed by atoms with E-state index in [4.69, 9.17) is 16.3 Å². The molecule has 0 radical (unpaired) electrons. The number of halogens is 1. The fraction of sp³-hybridized carbons (Fsp3) is 0.538. The third-order valence-corrected chi connectivity index (χ3v) is 3.58. The molecule has 1 atom stereocenters. The van der Waals surface area contributed by atoms with Crippen LogP contribution in [0, 0.1) is 5.92 Å². The van der Waals surface area contributed by atoms with E-state index in [1.54, 1.807) is 13.2 Å². The van der Waals surface area contributed by atoms with Gasteiger partial charge in [0.1, 0.15) is 0 Å². The minimum absolute atomic E-state index is 0.0513. The summed E-state index contributed by atoms with van der Waals surface area (Å²) >= 11 is 5.86. The number of aromatic hydroxyl groups is 1. The molecule has 2 rings (SSSR count). The van der Waals surface area contributed by atoms with Gasteiger partial charge in [-0.15, -0.1) is 0 Å². The second kappa shape index (κ2) is 5.61. The predicted molar refractivity (Wildman–Crippen MR) is 69.0 cm³/mol. The Hall–Kier alpha value is -0.930. The minimum atomic E-state index is 0.0513. The van der Waals surface area contributed by atoms with E-state index in [9.17, 15) is 5.11 Å². The molecule has 1 aliphatic rings. The Morgan fingerprint density at radius 3 is 3.00 bits per heavy atom. The quantitative estimate of drug-likeness (QED) is 0.872. The van der Waals surface area contributed by atoms with E-state index in [1.165, 1.54) is 12.8 Å². The Kier molecular flexibility index (Phi) is 4.13. The van der Waals surface area contributed by atoms with E-state index in [0.717, 1.165) is 25.1 Å². The van der Waals surface area contributed by atoms with E-state index >= 15 is 0 Å². The lowest BCUT2D eigenvalue weighted by molar-refractivity contribution is 0.350. The second-order valence-electron chi connectivity index (χ2n) is 4.50. The summed E-state index contributed by atoms with van der Waals surface area (Å²) in [5.74, 6) is 1.18. The fourth-order valence-corrected chi connectivity index (χ4v) is 2.54. The zero-order valence-corrected chi connectivity index (χ0v) is 10.8. The molecule has 1 aromatic carbocycles. The summed E-state index contributed by atoms with van der Waals surface area (Å²) < 4.78 is 5.24. The number of phenols is 1. The second-order valence-corrected chi connectivity index (χ2v) is 4.91. The number of methoxy groups -OCH3 is 1. The normalized spacial score (nSPS) is 20.2. The first-order valence-electron chi connectivity index (χ1n) is 5.97. The predicted octanol–water partition coefficient (Wildman–Crippen LogP) is 2.60. The van der Waals surface area contributed by atoms with E-state index in [2.05, 4.69) is 5.32 Å². The fourth-order valence-electron chi connectivity index (χ4n) is 2.39. The van der Waals surface area contributed by atoms with Gasteiger partial charge in [-0.2, -0.15) is 0 Å². The van der Waals surface area contributed by atoms with Gasteiger partial charge >= 0.3 is 0 Å². The van der Waals surface area contributed by atoms with Crippen LogP contribution in [-0.4, -0.2) is 25.3 Å². The highest BCUT2D eigenvalue weighted by Gasteiger charge is 2.18. The van der Waals surface area contributed by atoms with Crippen LogP contribution < -0.4 is 10.1 Å². The number of benzene rings is 1. The van der Waals surface area contributed by atoms with Gasteiger partial charge in [0.05, 0.1) is 12.1 Å². The maximum Gasteiger partial charge on any atom is 0.177 e. The van der Waals surface area contributed by atoms with Crippen molar-refractivity contribution in [2.24, 2.45) is 5.92 Å². The van der Waals surface area contributed by atoms with Crippen molar-refractivity contribution in [2.45, 2.75) is 19.3 Å². The highest BCUT2D eigenvalue weighted by atomic mass is 35.5. The van der Waals surface area contributed by atoms with Crippen molar-refractivity contribution >= 4 is 11.6 Å². The average Bonchev–Trinajstić information content (AvgIpc) is 2.36. The highest BCUT2D eigenvalue weighted by Crippen LogP contribution is 2.38. The van der Waals surface area contributed by atoms with E-state index in [0.29, 0.717) is 16.7 Å². The molecule has 17 heavy (non-hydrogen) atoms. The first kappa shape index (κ1) is 12.5. The SMILES string of the molecule is COc1c(CC2CCCNC2)ccc(Cl)c1O. The zero-order valence-electron chi connectivity index (χ0n) is 10.0. The van der Waals surface area contributed by atoms with Crippen LogP contribution >= 0.6 is 11.6 Å². The molecule has 1 aliphatic heterocycles. The number of nitrogens with one attached hydrogen (secondary N) is 1. The Bertz CT molecular complexity index is 389. The summed E-state index contributed by atoms with van der Waals surface area (Å²) in [6.45, 7) is 2.14. The lowest BCUT2D eigenvalue weighted by Crippen LogP contribution is -2.30. The van der Waals surface area contributed by atoms with Crippen molar-refractivity contribution in [3.63, 3.8) is 0 Å². The standard InChI is InChI=1S/C13H18ClNO2/c1-17-13-10(4-5-11(14)12(13)16)7-9-3-2-6-15-8-9/h4-5,9,15-16H,2-3,6-8H2,1H3. The summed E-state index contributed by atoms with van der Waals surface area (Å²) in [5.41, 5.74) is 1.03. The van der Waals surface area contributed by atoms with Crippen LogP contribution in [0.1, 0.15) is 18.4 Å². The molecule has 0 spiro atoms. The molecule has 1 fully saturated rings. The summed E-state index contributed by atoms with van der Waals surface area (Å²) in [7, 11) is 1.56. The van der Waals surface area contributed by atoms with Crippen LogP contribution in [0.4, 0.5) is 0 Å². The smallest absolute Gasteiger partial charge is 0.177 e. The van der Waals surface area contributed by atoms with Crippen molar-refractivity contribution in [2.75, 3.05) is 20.2 Å². The monoisotopic (exact) mass is 255 g/mol. The molecular formula is C13H18ClNO2. The van der Waals surface area contributed by atoms with Crippen LogP contribution in [0.3, 0.4) is 0 Å². The van der Waals surface area contributed by atoms with Crippen molar-refractivity contribution in [3.05, 3.63) is 22.7 Å². The molecule has 94 valence electrons. The lowest BCUT2D eigenvalue weighted by Gasteiger charge is -2.23. The van der Waals surface area contributed by atoms with Gasteiger partial charge in [0.25, 0.3) is 0 Å². The van der Waals surface area contributed by atoms with E-state index in [-0.39, 0.29) is 5.75 Å². The minimum Gasteiger partial charge on any atom is -0.503 e. The van der Waals surface area contributed by atoms with Crippen LogP contribution in [0.5, 0.6) is 11.5 Å². The summed E-state index contributed by atoms with van der Waals surface area (Å²) in [4.78, 5) is 0. The molecule has 0 aromatic heterocycles. The van der Waals surface area contributed by atoms with Gasteiger partial charge in [-0.1, -0.05) is 17.7 Å². The van der Waals surface area contributed by atoms with Gasteiger partial charge < -0.3 is 15.2 Å². The highest BCUT2D eigenvalue weighted by molar-refractivity contribution is 6.32. The zero-order chi connectivity index (χ0) is 12.3. The molecule has 4 heteroatoms. The Morgan fingerprint density at radius 2 is 2.35 bits per heavy atom. The molecule has 0 aliphatic carbocycles. The number of piperidine rings is 1. The van der Waals surface area contributed by atoms with Gasteiger partial charge in [0, 0.05) is 0 Å². The number of hydrogen-bond acceptors (Lipinski definition) is 3. The molecule has 1 aromatic rings. The van der Waals surface area contributed by atoms with Gasteiger partial charge in [-0.05, 0) is 49.9 Å². The third kappa shape index (κ3) is 2.85. The maximum absolute atomic E-state index is 9.84. The van der Waals surface area contributed by atoms with E-state index < -0.39 is 0 Å². The molecule has 1 heterocycles. The Balaban J connectivity index is 2.17. The number of rotatable bonds is 3. The van der Waals surface area contributed by atoms with Crippen molar-refractivity contribution in [1.82, 2.24) is 5.32 Å². The number of hydrogen-bond donors (Lipinski definition) is 2. The molecule has 1 unspecified atom stereocenters. The molecule has 0 saturated carbocycles. The number of ether oxygens (including phenoxy) is 1. The van der Waals surface area contributed by atoms with Crippen LogP contribution in [0.2, 0.25) is 5.02 Å². The number of phenolic OH excluding ortho intramolecular Hbond substituents is 1. The molecule has 0 bridgehead atoms. The molecular weight excluding hydrogens is 238 g/mol. The first-order chi connectivity index (χ1) is 8.22. The van der Waals surface area contributed by atoms with Crippen molar-refractivity contribution in [3.8, 4) is 11.5 Å². The average molecular weight is 256 g/mol. The van der Waals surface area contributed by atoms with Crippen LogP contribution in [-0.2, 0) is 6.42 Å². The lowest BCUT2D eigenvalue weighted by atomic mass is 9.92. The topological polar surface area (TPSA) is 41.5 Å². The largest absolute Gasteiger partial charge is 0.503 e. The first-order valence-corrected chi connectivity index (χ1v) is 6.35. The van der Waals surface area contributed by atoms with Crippen LogP contribution in [0.25, 0.3) is 0 Å². The van der Waals surface area contributed by atoms with Gasteiger partial charge in [-0.3, -0.25) is 0 Å². The molecule has 2 N–H and O–H groups in total. The van der Waals surface area contributed by atoms with Crippen molar-refractivity contribution in [1.29, 1.82) is 0 Å². The molecule has 3 nitrogen and oxygen atoms in total. The Labute approximate surface area is 107 Å². The summed E-state index contributed by atoms with van der Waals surface area (Å²) in [6, 6.07) is 3.67. The summed E-state index contributed by atoms with van der Waals surface area (Å²) in [5, 5.41) is 13.6. The van der Waals surface area contributed by atoms with E-state index in [1.807, 2.05) is 6.07 Å².